The first kappa shape index (κ1) is 24.3. The minimum absolute atomic E-state index is 0. The number of aliphatic hydroxyl groups is 1. The summed E-state index contributed by atoms with van der Waals surface area (Å²) in [6.07, 6.45) is 4.34. The Kier molecular flexibility index (Phi) is 23.5. The van der Waals surface area contributed by atoms with E-state index in [-0.39, 0.29) is 48.5 Å². The van der Waals surface area contributed by atoms with Crippen LogP contribution in [0.25, 0.3) is 0 Å². The molecule has 0 heterocycles. The third-order valence-electron chi connectivity index (χ3n) is 1.49. The predicted molar refractivity (Wildman–Crippen MR) is 80.1 cm³/mol. The second-order valence-corrected chi connectivity index (χ2v) is 5.04. The molecule has 110 valence electrons. The zero-order valence-corrected chi connectivity index (χ0v) is 11.8. The van der Waals surface area contributed by atoms with Crippen LogP contribution in [-0.4, -0.2) is 75.3 Å². The first-order chi connectivity index (χ1) is 8.54. The molecule has 7 heteroatoms. The van der Waals surface area contributed by atoms with E-state index in [1.165, 1.54) is 0 Å². The monoisotopic (exact) mass is 304 g/mol. The summed E-state index contributed by atoms with van der Waals surface area (Å²) in [5.74, 6) is 0.0540. The van der Waals surface area contributed by atoms with Crippen molar-refractivity contribution in [3.63, 3.8) is 0 Å². The first-order valence-corrected chi connectivity index (χ1v) is 7.39. The topological polar surface area (TPSA) is 72.8 Å². The van der Waals surface area contributed by atoms with Gasteiger partial charge in [-0.05, 0) is 12.8 Å². The van der Waals surface area contributed by atoms with E-state index in [1.807, 2.05) is 0 Å². The Hall–Kier alpha value is 0.310. The van der Waals surface area contributed by atoms with Gasteiger partial charge in [-0.3, -0.25) is 4.18 Å². The van der Waals surface area contributed by atoms with Crippen molar-refractivity contribution >= 4 is 39.7 Å². The van der Waals surface area contributed by atoms with E-state index in [4.69, 9.17) is 9.84 Å². The minimum atomic E-state index is -3.31. The van der Waals surface area contributed by atoms with Gasteiger partial charge in [0.05, 0.1) is 25.6 Å². The third kappa shape index (κ3) is 23.8. The molecule has 5 nitrogen and oxygen atoms in total. The van der Waals surface area contributed by atoms with Gasteiger partial charge in [-0.2, -0.15) is 8.42 Å². The van der Waals surface area contributed by atoms with E-state index >= 15 is 0 Å². The number of aliphatic hydroxyl groups excluding tert-OH is 1. The number of hydrogen-bond donors (Lipinski definition) is 1. The molecule has 19 heavy (non-hydrogen) atoms. The molecule has 0 aromatic rings. The quantitative estimate of drug-likeness (QED) is 0.280. The fourth-order valence-corrected chi connectivity index (χ4v) is 1.78. The van der Waals surface area contributed by atoms with Crippen molar-refractivity contribution in [1.29, 1.82) is 0 Å². The maximum absolute atomic E-state index is 10.8. The van der Waals surface area contributed by atoms with E-state index in [0.29, 0.717) is 26.1 Å². The molecule has 0 saturated heterocycles. The molecule has 0 amide bonds. The molecule has 0 rings (SSSR count). The molecule has 0 fully saturated rings. The second-order valence-electron chi connectivity index (χ2n) is 3.28. The Balaban J connectivity index is -0.000000280. The molecule has 1 N–H and O–H groups in total. The average Bonchev–Trinajstić information content (AvgIpc) is 2.31. The van der Waals surface area contributed by atoms with Crippen molar-refractivity contribution in [3.8, 4) is 0 Å². The summed E-state index contributed by atoms with van der Waals surface area (Å²) in [4.78, 5) is 0. The van der Waals surface area contributed by atoms with E-state index in [2.05, 4.69) is 17.3 Å². The van der Waals surface area contributed by atoms with Gasteiger partial charge in [0, 0.05) is 6.61 Å². The van der Waals surface area contributed by atoms with Crippen LogP contribution in [0.1, 0.15) is 19.8 Å². The van der Waals surface area contributed by atoms with Crippen molar-refractivity contribution in [3.05, 3.63) is 25.3 Å². The summed E-state index contributed by atoms with van der Waals surface area (Å²) in [5.41, 5.74) is 0. The number of rotatable bonds is 10. The van der Waals surface area contributed by atoms with Gasteiger partial charge in [0.2, 0.25) is 0 Å². The Bertz CT molecular complexity index is 282. The van der Waals surface area contributed by atoms with Crippen molar-refractivity contribution < 1.29 is 22.4 Å². The van der Waals surface area contributed by atoms with Gasteiger partial charge in [0.15, 0.2) is 0 Å². The van der Waals surface area contributed by atoms with Crippen molar-refractivity contribution in [2.45, 2.75) is 19.8 Å². The Labute approximate surface area is 139 Å². The van der Waals surface area contributed by atoms with Gasteiger partial charge < -0.3 is 9.84 Å². The summed E-state index contributed by atoms with van der Waals surface area (Å²) in [7, 11) is -3.31. The van der Waals surface area contributed by atoms with Gasteiger partial charge in [-0.15, -0.1) is 13.2 Å². The summed E-state index contributed by atoms with van der Waals surface area (Å²) in [5, 5.41) is 8.32. The predicted octanol–water partition coefficient (Wildman–Crippen LogP) is 0.852. The molecular formula is C12H25NaO5S. The van der Waals surface area contributed by atoms with E-state index in [1.54, 1.807) is 19.1 Å². The SMILES string of the molecule is C=CCOCC=C.CCCS(=O)(=O)OCCCO.[NaH]. The Morgan fingerprint density at radius 3 is 2.11 bits per heavy atom. The van der Waals surface area contributed by atoms with Gasteiger partial charge in [-0.1, -0.05) is 19.1 Å². The zero-order chi connectivity index (χ0) is 14.3. The normalized spacial score (nSPS) is 9.79. The molecule has 0 radical (unpaired) electrons. The van der Waals surface area contributed by atoms with Crippen molar-refractivity contribution in [1.82, 2.24) is 0 Å². The third-order valence-corrected chi connectivity index (χ3v) is 2.92. The van der Waals surface area contributed by atoms with E-state index < -0.39 is 10.1 Å². The molecular weight excluding hydrogens is 279 g/mol. The average molecular weight is 304 g/mol. The molecule has 0 unspecified atom stereocenters. The standard InChI is InChI=1S/C6H14O4S.C6H10O.Na.H/c1-2-6-11(8,9)10-5-3-4-7;1-3-5-7-6-4-2;;/h7H,2-6H2,1H3;3-4H,1-2,5-6H2;;. The molecule has 0 atom stereocenters. The summed E-state index contributed by atoms with van der Waals surface area (Å²) in [6, 6.07) is 0. The summed E-state index contributed by atoms with van der Waals surface area (Å²) < 4.78 is 31.0. The van der Waals surface area contributed by atoms with E-state index in [0.717, 1.165) is 0 Å². The molecule has 0 aliphatic carbocycles. The molecule has 0 aromatic carbocycles. The van der Waals surface area contributed by atoms with Crippen LogP contribution in [0.5, 0.6) is 0 Å². The van der Waals surface area contributed by atoms with Gasteiger partial charge >= 0.3 is 29.6 Å². The summed E-state index contributed by atoms with van der Waals surface area (Å²) in [6.45, 7) is 9.99. The Morgan fingerprint density at radius 1 is 1.21 bits per heavy atom. The van der Waals surface area contributed by atoms with Crippen LogP contribution in [0, 0.1) is 0 Å². The summed E-state index contributed by atoms with van der Waals surface area (Å²) >= 11 is 0. The van der Waals surface area contributed by atoms with Crippen LogP contribution in [-0.2, 0) is 19.0 Å². The second kappa shape index (κ2) is 18.3. The maximum atomic E-state index is 10.8. The molecule has 0 saturated carbocycles. The van der Waals surface area contributed by atoms with Crippen molar-refractivity contribution in [2.75, 3.05) is 32.2 Å². The van der Waals surface area contributed by atoms with Gasteiger partial charge in [-0.25, -0.2) is 0 Å². The van der Waals surface area contributed by atoms with Crippen molar-refractivity contribution in [2.24, 2.45) is 0 Å². The van der Waals surface area contributed by atoms with Crippen LogP contribution < -0.4 is 0 Å². The van der Waals surface area contributed by atoms with Gasteiger partial charge in [0.1, 0.15) is 0 Å². The van der Waals surface area contributed by atoms with Crippen LogP contribution in [0.4, 0.5) is 0 Å². The first-order valence-electron chi connectivity index (χ1n) is 5.81. The van der Waals surface area contributed by atoms with Gasteiger partial charge in [0.25, 0.3) is 10.1 Å². The van der Waals surface area contributed by atoms with Crippen LogP contribution in [0.2, 0.25) is 0 Å². The molecule has 0 spiro atoms. The number of ether oxygens (including phenoxy) is 1. The Morgan fingerprint density at radius 2 is 1.74 bits per heavy atom. The fraction of sp³-hybridized carbons (Fsp3) is 0.667. The van der Waals surface area contributed by atoms with E-state index in [9.17, 15) is 8.42 Å². The molecule has 0 aliphatic heterocycles. The molecule has 0 aromatic heterocycles. The fourth-order valence-electron chi connectivity index (χ4n) is 0.794. The van der Waals surface area contributed by atoms with Crippen LogP contribution in [0.15, 0.2) is 25.3 Å². The van der Waals surface area contributed by atoms with Crippen LogP contribution >= 0.6 is 0 Å². The number of hydrogen-bond acceptors (Lipinski definition) is 5. The zero-order valence-electron chi connectivity index (χ0n) is 11.0. The molecule has 0 bridgehead atoms. The molecule has 0 aliphatic rings. The van der Waals surface area contributed by atoms with Crippen LogP contribution in [0.3, 0.4) is 0 Å².